The van der Waals surface area contributed by atoms with Crippen LogP contribution in [0.4, 0.5) is 13.2 Å². The van der Waals surface area contributed by atoms with E-state index in [9.17, 15) is 18.0 Å². The first-order chi connectivity index (χ1) is 7.35. The van der Waals surface area contributed by atoms with E-state index in [0.29, 0.717) is 19.3 Å². The van der Waals surface area contributed by atoms with Gasteiger partial charge in [0.2, 0.25) is 0 Å². The van der Waals surface area contributed by atoms with Gasteiger partial charge >= 0.3 is 12.1 Å². The quantitative estimate of drug-likeness (QED) is 0.733. The summed E-state index contributed by atoms with van der Waals surface area (Å²) in [7, 11) is 0. The van der Waals surface area contributed by atoms with Gasteiger partial charge in [-0.05, 0) is 19.3 Å². The number of nitriles is 1. The Kier molecular flexibility index (Phi) is 3.43. The number of hydrogen-bond donors (Lipinski definition) is 0. The lowest BCUT2D eigenvalue weighted by Gasteiger charge is -2.29. The van der Waals surface area contributed by atoms with E-state index in [1.165, 1.54) is 0 Å². The molecule has 4 nitrogen and oxygen atoms in total. The van der Waals surface area contributed by atoms with Crippen LogP contribution in [0.5, 0.6) is 0 Å². The molecule has 16 heavy (non-hydrogen) atoms. The summed E-state index contributed by atoms with van der Waals surface area (Å²) < 4.78 is 35.9. The Hall–Kier alpha value is -1.29. The molecule has 0 aromatic heterocycles. The molecule has 0 aliphatic carbocycles. The van der Waals surface area contributed by atoms with Crippen LogP contribution in [-0.4, -0.2) is 29.3 Å². The molecular formula is C9H11F3N2O2. The number of hydrogen-bond acceptors (Lipinski definition) is 4. The molecule has 1 atom stereocenters. The van der Waals surface area contributed by atoms with E-state index >= 15 is 0 Å². The zero-order valence-electron chi connectivity index (χ0n) is 8.67. The van der Waals surface area contributed by atoms with Crippen molar-refractivity contribution >= 4 is 5.97 Å². The van der Waals surface area contributed by atoms with Gasteiger partial charge in [0.05, 0.1) is 6.07 Å². The van der Waals surface area contributed by atoms with E-state index < -0.39 is 17.7 Å². The molecule has 7 heteroatoms. The number of carbonyl (C=O) groups excluding carboxylic acids is 1. The molecule has 1 unspecified atom stereocenters. The predicted octanol–water partition coefficient (Wildman–Crippen LogP) is 1.78. The highest BCUT2D eigenvalue weighted by Crippen LogP contribution is 2.33. The molecular weight excluding hydrogens is 225 g/mol. The van der Waals surface area contributed by atoms with Crippen LogP contribution >= 0.6 is 0 Å². The highest BCUT2D eigenvalue weighted by molar-refractivity contribution is 5.75. The van der Waals surface area contributed by atoms with Crippen molar-refractivity contribution in [3.63, 3.8) is 0 Å². The van der Waals surface area contributed by atoms with Gasteiger partial charge in [-0.3, -0.25) is 0 Å². The molecule has 0 N–H and O–H groups in total. The van der Waals surface area contributed by atoms with E-state index in [1.54, 1.807) is 6.92 Å². The monoisotopic (exact) mass is 236 g/mol. The van der Waals surface area contributed by atoms with Crippen LogP contribution in [0.15, 0.2) is 0 Å². The fourth-order valence-electron chi connectivity index (χ4n) is 1.68. The van der Waals surface area contributed by atoms with Gasteiger partial charge in [0.25, 0.3) is 0 Å². The third-order valence-electron chi connectivity index (χ3n) is 2.65. The van der Waals surface area contributed by atoms with Crippen molar-refractivity contribution in [1.29, 1.82) is 5.26 Å². The second-order valence-corrected chi connectivity index (χ2v) is 3.58. The molecule has 1 rings (SSSR count). The number of carbonyl (C=O) groups is 1. The standard InChI is InChI=1S/C9H11F3N2O2/c1-2-8(6-13)4-3-5-14(8)16-7(15)9(10,11)12/h2-5H2,1H3. The molecule has 0 spiro atoms. The van der Waals surface area contributed by atoms with Crippen LogP contribution in [0.3, 0.4) is 0 Å². The molecule has 1 aliphatic rings. The minimum absolute atomic E-state index is 0.156. The Morgan fingerprint density at radius 3 is 2.69 bits per heavy atom. The van der Waals surface area contributed by atoms with Crippen molar-refractivity contribution in [3.05, 3.63) is 0 Å². The van der Waals surface area contributed by atoms with Gasteiger partial charge in [0, 0.05) is 6.54 Å². The van der Waals surface area contributed by atoms with Gasteiger partial charge in [-0.2, -0.15) is 18.4 Å². The lowest BCUT2D eigenvalue weighted by atomic mass is 9.96. The van der Waals surface area contributed by atoms with Crippen LogP contribution in [0, 0.1) is 11.3 Å². The molecule has 90 valence electrons. The molecule has 0 radical (unpaired) electrons. The maximum Gasteiger partial charge on any atom is 0.492 e. The van der Waals surface area contributed by atoms with Crippen molar-refractivity contribution < 1.29 is 22.8 Å². The molecule has 0 aromatic carbocycles. The highest BCUT2D eigenvalue weighted by Gasteiger charge is 2.48. The molecule has 1 saturated heterocycles. The first kappa shape index (κ1) is 12.8. The maximum absolute atomic E-state index is 12.0. The number of halogens is 3. The minimum Gasteiger partial charge on any atom is -0.359 e. The summed E-state index contributed by atoms with van der Waals surface area (Å²) in [5.74, 6) is -2.28. The second kappa shape index (κ2) is 4.29. The van der Waals surface area contributed by atoms with E-state index in [4.69, 9.17) is 5.26 Å². The third-order valence-corrected chi connectivity index (χ3v) is 2.65. The Morgan fingerprint density at radius 2 is 2.25 bits per heavy atom. The molecule has 0 amide bonds. The normalized spacial score (nSPS) is 26.4. The summed E-state index contributed by atoms with van der Waals surface area (Å²) in [4.78, 5) is 14.9. The Bertz CT molecular complexity index is 324. The summed E-state index contributed by atoms with van der Waals surface area (Å²) >= 11 is 0. The Balaban J connectivity index is 2.75. The van der Waals surface area contributed by atoms with Gasteiger partial charge in [-0.1, -0.05) is 6.92 Å². The van der Waals surface area contributed by atoms with Crippen LogP contribution in [0.2, 0.25) is 0 Å². The molecule has 1 fully saturated rings. The SMILES string of the molecule is CCC1(C#N)CCCN1OC(=O)C(F)(F)F. The summed E-state index contributed by atoms with van der Waals surface area (Å²) in [6.45, 7) is 1.83. The van der Waals surface area contributed by atoms with Crippen LogP contribution < -0.4 is 0 Å². The average Bonchev–Trinajstić information content (AvgIpc) is 2.60. The third kappa shape index (κ3) is 2.27. The summed E-state index contributed by atoms with van der Waals surface area (Å²) in [6.07, 6.45) is -3.77. The first-order valence-corrected chi connectivity index (χ1v) is 4.84. The van der Waals surface area contributed by atoms with E-state index in [2.05, 4.69) is 4.84 Å². The minimum atomic E-state index is -5.03. The molecule has 1 aliphatic heterocycles. The van der Waals surface area contributed by atoms with Gasteiger partial charge in [0.15, 0.2) is 0 Å². The van der Waals surface area contributed by atoms with Crippen LogP contribution in [0.1, 0.15) is 26.2 Å². The molecule has 0 saturated carbocycles. The van der Waals surface area contributed by atoms with Crippen molar-refractivity contribution in [3.8, 4) is 6.07 Å². The summed E-state index contributed by atoms with van der Waals surface area (Å²) in [5.41, 5.74) is -1.11. The lowest BCUT2D eigenvalue weighted by molar-refractivity contribution is -0.247. The Labute approximate surface area is 90.5 Å². The van der Waals surface area contributed by atoms with Gasteiger partial charge < -0.3 is 4.84 Å². The number of hydroxylamine groups is 2. The van der Waals surface area contributed by atoms with Crippen molar-refractivity contribution in [1.82, 2.24) is 5.06 Å². The zero-order valence-corrected chi connectivity index (χ0v) is 8.67. The zero-order chi connectivity index (χ0) is 12.4. The largest absolute Gasteiger partial charge is 0.492 e. The van der Waals surface area contributed by atoms with E-state index in [-0.39, 0.29) is 6.54 Å². The number of rotatable bonds is 2. The number of nitrogens with zero attached hydrogens (tertiary/aromatic N) is 2. The Morgan fingerprint density at radius 1 is 1.62 bits per heavy atom. The number of alkyl halides is 3. The smallest absolute Gasteiger partial charge is 0.359 e. The maximum atomic E-state index is 12.0. The lowest BCUT2D eigenvalue weighted by Crippen LogP contribution is -2.45. The van der Waals surface area contributed by atoms with Crippen LogP contribution in [0.25, 0.3) is 0 Å². The molecule has 0 bridgehead atoms. The fourth-order valence-corrected chi connectivity index (χ4v) is 1.68. The second-order valence-electron chi connectivity index (χ2n) is 3.58. The van der Waals surface area contributed by atoms with Crippen molar-refractivity contribution in [2.45, 2.75) is 37.9 Å². The van der Waals surface area contributed by atoms with Crippen molar-refractivity contribution in [2.24, 2.45) is 0 Å². The van der Waals surface area contributed by atoms with Gasteiger partial charge in [-0.15, -0.1) is 5.06 Å². The molecule has 1 heterocycles. The van der Waals surface area contributed by atoms with Crippen LogP contribution in [-0.2, 0) is 9.63 Å². The highest BCUT2D eigenvalue weighted by atomic mass is 19.4. The van der Waals surface area contributed by atoms with Gasteiger partial charge in [-0.25, -0.2) is 4.79 Å². The van der Waals surface area contributed by atoms with Crippen molar-refractivity contribution in [2.75, 3.05) is 6.54 Å². The van der Waals surface area contributed by atoms with E-state index in [1.807, 2.05) is 6.07 Å². The topological polar surface area (TPSA) is 53.3 Å². The summed E-state index contributed by atoms with van der Waals surface area (Å²) in [6, 6.07) is 1.92. The average molecular weight is 236 g/mol. The predicted molar refractivity (Wildman–Crippen MR) is 46.7 cm³/mol. The molecule has 0 aromatic rings. The summed E-state index contributed by atoms with van der Waals surface area (Å²) in [5, 5.41) is 9.79. The fraction of sp³-hybridized carbons (Fsp3) is 0.778. The van der Waals surface area contributed by atoms with E-state index in [0.717, 1.165) is 5.06 Å². The van der Waals surface area contributed by atoms with Gasteiger partial charge in [0.1, 0.15) is 5.54 Å². The first-order valence-electron chi connectivity index (χ1n) is 4.84.